The van der Waals surface area contributed by atoms with Gasteiger partial charge >= 0.3 is 5.97 Å². The SMILES string of the molecule is CN(C)c1ccccc1-c1ccc2c(c1-c1ccccc1N(C)C)C(c1ccccc1N(C)C)(c1ccccc1N(C)C)OC2=O. The topological polar surface area (TPSA) is 39.3 Å². The number of cyclic esters (lactones) is 1. The van der Waals surface area contributed by atoms with Crippen LogP contribution in [0.15, 0.2) is 109 Å². The number of anilines is 4. The van der Waals surface area contributed by atoms with Crippen molar-refractivity contribution in [1.82, 2.24) is 0 Å². The highest BCUT2D eigenvalue weighted by Gasteiger charge is 2.53. The van der Waals surface area contributed by atoms with Crippen LogP contribution in [-0.2, 0) is 10.3 Å². The number of ether oxygens (including phenoxy) is 1. The van der Waals surface area contributed by atoms with Gasteiger partial charge in [0, 0.05) is 113 Å². The van der Waals surface area contributed by atoms with Gasteiger partial charge in [-0.3, -0.25) is 0 Å². The second kappa shape index (κ2) is 11.9. The molecule has 6 rings (SSSR count). The van der Waals surface area contributed by atoms with Gasteiger partial charge in [-0.05, 0) is 35.9 Å². The molecule has 0 bridgehead atoms. The number of benzene rings is 5. The van der Waals surface area contributed by atoms with Gasteiger partial charge in [0.2, 0.25) is 0 Å². The van der Waals surface area contributed by atoms with Gasteiger partial charge in [-0.2, -0.15) is 0 Å². The Hall–Kier alpha value is -5.23. The van der Waals surface area contributed by atoms with Gasteiger partial charge < -0.3 is 24.3 Å². The van der Waals surface area contributed by atoms with Crippen LogP contribution in [0, 0.1) is 0 Å². The van der Waals surface area contributed by atoms with E-state index in [0.29, 0.717) is 5.56 Å². The van der Waals surface area contributed by atoms with Crippen molar-refractivity contribution in [1.29, 1.82) is 0 Å². The molecule has 6 nitrogen and oxygen atoms in total. The molecule has 0 fully saturated rings. The zero-order valence-corrected chi connectivity index (χ0v) is 28.0. The fourth-order valence-corrected chi connectivity index (χ4v) is 6.90. The molecule has 1 aliphatic heterocycles. The first-order valence-electron chi connectivity index (χ1n) is 15.6. The first-order chi connectivity index (χ1) is 22.1. The molecule has 0 aromatic heterocycles. The van der Waals surface area contributed by atoms with Gasteiger partial charge in [0.1, 0.15) is 0 Å². The van der Waals surface area contributed by atoms with Crippen LogP contribution >= 0.6 is 0 Å². The number of hydrogen-bond donors (Lipinski definition) is 0. The Kier molecular flexibility index (Phi) is 7.99. The summed E-state index contributed by atoms with van der Waals surface area (Å²) >= 11 is 0. The Balaban J connectivity index is 1.89. The summed E-state index contributed by atoms with van der Waals surface area (Å²) in [6, 6.07) is 37.5. The molecule has 5 aromatic rings. The number of rotatable bonds is 8. The van der Waals surface area contributed by atoms with E-state index in [4.69, 9.17) is 4.74 Å². The average molecular weight is 611 g/mol. The third kappa shape index (κ3) is 4.85. The molecular weight excluding hydrogens is 568 g/mol. The zero-order chi connectivity index (χ0) is 32.7. The van der Waals surface area contributed by atoms with E-state index in [-0.39, 0.29) is 5.97 Å². The molecule has 0 N–H and O–H groups in total. The number of carbonyl (C=O) groups excluding carboxylic acids is 1. The van der Waals surface area contributed by atoms with E-state index in [1.807, 2.05) is 58.5 Å². The van der Waals surface area contributed by atoms with Crippen molar-refractivity contribution in [3.8, 4) is 22.3 Å². The highest BCUT2D eigenvalue weighted by atomic mass is 16.6. The first kappa shape index (κ1) is 30.8. The summed E-state index contributed by atoms with van der Waals surface area (Å²) in [6.45, 7) is 0. The predicted molar refractivity (Wildman–Crippen MR) is 193 cm³/mol. The maximum Gasteiger partial charge on any atom is 0.340 e. The van der Waals surface area contributed by atoms with E-state index < -0.39 is 5.60 Å². The summed E-state index contributed by atoms with van der Waals surface area (Å²) in [6.07, 6.45) is 0. The van der Waals surface area contributed by atoms with Gasteiger partial charge in [0.25, 0.3) is 0 Å². The van der Waals surface area contributed by atoms with Crippen LogP contribution in [0.25, 0.3) is 22.3 Å². The largest absolute Gasteiger partial charge is 0.440 e. The third-order valence-corrected chi connectivity index (χ3v) is 8.88. The van der Waals surface area contributed by atoms with Gasteiger partial charge in [0.05, 0.1) is 5.56 Å². The summed E-state index contributed by atoms with van der Waals surface area (Å²) in [7, 11) is 16.4. The molecule has 0 amide bonds. The molecular formula is C40H42N4O2. The van der Waals surface area contributed by atoms with Crippen molar-refractivity contribution in [2.24, 2.45) is 0 Å². The van der Waals surface area contributed by atoms with Crippen LogP contribution in [0.1, 0.15) is 27.0 Å². The quantitative estimate of drug-likeness (QED) is 0.167. The van der Waals surface area contributed by atoms with E-state index in [2.05, 4.69) is 127 Å². The number of fused-ring (bicyclic) bond motifs is 1. The summed E-state index contributed by atoms with van der Waals surface area (Å²) in [4.78, 5) is 22.8. The minimum Gasteiger partial charge on any atom is -0.440 e. The highest BCUT2D eigenvalue weighted by Crippen LogP contribution is 2.57. The second-order valence-electron chi connectivity index (χ2n) is 12.6. The van der Waals surface area contributed by atoms with Crippen molar-refractivity contribution in [2.75, 3.05) is 76.0 Å². The normalized spacial score (nSPS) is 13.2. The van der Waals surface area contributed by atoms with Crippen LogP contribution in [0.4, 0.5) is 22.7 Å². The molecule has 0 saturated carbocycles. The lowest BCUT2D eigenvalue weighted by Gasteiger charge is -2.37. The van der Waals surface area contributed by atoms with E-state index in [9.17, 15) is 4.79 Å². The summed E-state index contributed by atoms with van der Waals surface area (Å²) in [5, 5.41) is 0. The molecule has 1 aliphatic rings. The molecule has 0 atom stereocenters. The number of para-hydroxylation sites is 4. The molecule has 6 heteroatoms. The van der Waals surface area contributed by atoms with E-state index in [0.717, 1.165) is 61.7 Å². The molecule has 46 heavy (non-hydrogen) atoms. The Morgan fingerprint density at radius 1 is 0.435 bits per heavy atom. The van der Waals surface area contributed by atoms with Gasteiger partial charge in [-0.15, -0.1) is 0 Å². The molecule has 0 unspecified atom stereocenters. The zero-order valence-electron chi connectivity index (χ0n) is 28.0. The monoisotopic (exact) mass is 610 g/mol. The molecule has 0 radical (unpaired) electrons. The van der Waals surface area contributed by atoms with Crippen molar-refractivity contribution < 1.29 is 9.53 Å². The lowest BCUT2D eigenvalue weighted by molar-refractivity contribution is 0.0255. The smallest absolute Gasteiger partial charge is 0.340 e. The number of nitrogens with zero attached hydrogens (tertiary/aromatic N) is 4. The number of esters is 1. The Bertz CT molecular complexity index is 1870. The predicted octanol–water partition coefficient (Wildman–Crippen LogP) is 7.75. The van der Waals surface area contributed by atoms with Gasteiger partial charge in [0.15, 0.2) is 5.60 Å². The van der Waals surface area contributed by atoms with Crippen LogP contribution < -0.4 is 19.6 Å². The molecule has 0 saturated heterocycles. The van der Waals surface area contributed by atoms with E-state index >= 15 is 0 Å². The van der Waals surface area contributed by atoms with Gasteiger partial charge in [-0.25, -0.2) is 4.79 Å². The van der Waals surface area contributed by atoms with Crippen molar-refractivity contribution in [2.45, 2.75) is 5.60 Å². The third-order valence-electron chi connectivity index (χ3n) is 8.88. The summed E-state index contributed by atoms with van der Waals surface area (Å²) in [5.74, 6) is -0.340. The second-order valence-corrected chi connectivity index (χ2v) is 12.6. The van der Waals surface area contributed by atoms with Crippen molar-refractivity contribution >= 4 is 28.7 Å². The first-order valence-corrected chi connectivity index (χ1v) is 15.6. The minimum atomic E-state index is -1.26. The molecule has 5 aromatic carbocycles. The van der Waals surface area contributed by atoms with Gasteiger partial charge in [-0.1, -0.05) is 78.9 Å². The Morgan fingerprint density at radius 2 is 0.826 bits per heavy atom. The van der Waals surface area contributed by atoms with Crippen LogP contribution in [-0.4, -0.2) is 62.4 Å². The maximum absolute atomic E-state index is 14.3. The highest BCUT2D eigenvalue weighted by molar-refractivity contribution is 6.05. The Labute approximate surface area is 273 Å². The van der Waals surface area contributed by atoms with Crippen LogP contribution in [0.3, 0.4) is 0 Å². The summed E-state index contributed by atoms with van der Waals surface area (Å²) < 4.78 is 6.89. The van der Waals surface area contributed by atoms with E-state index in [1.165, 1.54) is 0 Å². The molecule has 0 spiro atoms. The number of carbonyl (C=O) groups is 1. The van der Waals surface area contributed by atoms with Crippen molar-refractivity contribution in [3.05, 3.63) is 131 Å². The molecule has 1 heterocycles. The fraction of sp³-hybridized carbons (Fsp3) is 0.225. The van der Waals surface area contributed by atoms with Crippen LogP contribution in [0.2, 0.25) is 0 Å². The van der Waals surface area contributed by atoms with E-state index in [1.54, 1.807) is 0 Å². The fourth-order valence-electron chi connectivity index (χ4n) is 6.90. The number of hydrogen-bond acceptors (Lipinski definition) is 6. The molecule has 234 valence electrons. The lowest BCUT2D eigenvalue weighted by atomic mass is 9.73. The maximum atomic E-state index is 14.3. The molecule has 0 aliphatic carbocycles. The van der Waals surface area contributed by atoms with Crippen LogP contribution in [0.5, 0.6) is 0 Å². The Morgan fingerprint density at radius 3 is 1.33 bits per heavy atom. The minimum absolute atomic E-state index is 0.340. The summed E-state index contributed by atoms with van der Waals surface area (Å²) in [5.41, 5.74) is 10.2. The lowest BCUT2D eigenvalue weighted by Crippen LogP contribution is -2.34. The standard InChI is InChI=1S/C40H42N4O2/c1-41(2)33-21-13-9-17-27(33)28-25-26-30-38(37(28)29-18-10-14-22-34(29)42(3)4)40(46-39(30)45,31-19-11-15-23-35(31)43(5)6)32-20-12-16-24-36(32)44(7)8/h9-26H,1-8H3. The average Bonchev–Trinajstić information content (AvgIpc) is 3.37. The van der Waals surface area contributed by atoms with Crippen molar-refractivity contribution in [3.63, 3.8) is 0 Å².